The van der Waals surface area contributed by atoms with E-state index in [0.29, 0.717) is 5.92 Å². The van der Waals surface area contributed by atoms with Crippen LogP contribution >= 0.6 is 0 Å². The van der Waals surface area contributed by atoms with Gasteiger partial charge < -0.3 is 20.0 Å². The van der Waals surface area contributed by atoms with Crippen LogP contribution in [0.4, 0.5) is 5.82 Å². The van der Waals surface area contributed by atoms with E-state index < -0.39 is 0 Å². The minimum atomic E-state index is 0.532. The molecule has 42 heavy (non-hydrogen) atoms. The van der Waals surface area contributed by atoms with Crippen molar-refractivity contribution in [3.05, 3.63) is 73.4 Å². The first kappa shape index (κ1) is 30.3. The molecule has 0 amide bonds. The monoisotopic (exact) mass is 570 g/mol. The molecule has 6 heteroatoms. The highest BCUT2D eigenvalue weighted by Crippen LogP contribution is 2.38. The molecule has 2 aromatic rings. The highest BCUT2D eigenvalue weighted by atomic mass is 15.4. The number of hydrogen-bond acceptors (Lipinski definition) is 5. The molecule has 6 nitrogen and oxygen atoms in total. The van der Waals surface area contributed by atoms with Crippen molar-refractivity contribution in [2.75, 3.05) is 44.7 Å². The lowest BCUT2D eigenvalue weighted by Gasteiger charge is -2.40. The molecule has 2 saturated heterocycles. The van der Waals surface area contributed by atoms with E-state index in [4.69, 9.17) is 5.10 Å². The molecular weight excluding hydrogens is 516 g/mol. The number of aryl methyl sites for hydroxylation is 1. The molecule has 1 aliphatic carbocycles. The van der Waals surface area contributed by atoms with Gasteiger partial charge in [-0.15, -0.1) is 6.58 Å². The summed E-state index contributed by atoms with van der Waals surface area (Å²) in [6.07, 6.45) is 15.7. The van der Waals surface area contributed by atoms with Crippen molar-refractivity contribution in [2.45, 2.75) is 76.5 Å². The molecule has 0 radical (unpaired) electrons. The van der Waals surface area contributed by atoms with Gasteiger partial charge in [-0.2, -0.15) is 5.10 Å². The highest BCUT2D eigenvalue weighted by Gasteiger charge is 2.29. The van der Waals surface area contributed by atoms with E-state index in [1.807, 2.05) is 13.1 Å². The second-order valence-electron chi connectivity index (χ2n) is 12.9. The molecule has 3 heterocycles. The fourth-order valence-electron chi connectivity index (χ4n) is 7.69. The van der Waals surface area contributed by atoms with Crippen molar-refractivity contribution in [3.63, 3.8) is 0 Å². The third kappa shape index (κ3) is 6.58. The van der Waals surface area contributed by atoms with Gasteiger partial charge in [-0.05, 0) is 80.8 Å². The van der Waals surface area contributed by atoms with Gasteiger partial charge in [0.15, 0.2) is 5.82 Å². The number of rotatable bonds is 12. The molecule has 0 atom stereocenters. The van der Waals surface area contributed by atoms with Gasteiger partial charge >= 0.3 is 0 Å². The van der Waals surface area contributed by atoms with Crippen LogP contribution in [0.25, 0.3) is 10.9 Å². The average molecular weight is 571 g/mol. The Kier molecular flexibility index (Phi) is 10.0. The zero-order valence-electron chi connectivity index (χ0n) is 26.4. The number of allylic oxidation sites excluding steroid dienone is 2. The van der Waals surface area contributed by atoms with E-state index in [9.17, 15) is 0 Å². The van der Waals surface area contributed by atoms with E-state index in [1.54, 1.807) is 0 Å². The number of fused-ring (bicyclic) bond motifs is 1. The second-order valence-corrected chi connectivity index (χ2v) is 12.9. The third-order valence-electron chi connectivity index (χ3n) is 10.3. The van der Waals surface area contributed by atoms with Gasteiger partial charge in [0.1, 0.15) is 0 Å². The molecule has 3 aliphatic rings. The molecular formula is C36H54N6. The van der Waals surface area contributed by atoms with Crippen LogP contribution < -0.4 is 10.2 Å². The van der Waals surface area contributed by atoms with Crippen LogP contribution in [-0.4, -0.2) is 59.4 Å². The standard InChI is InChI=1S/C36H54N6/c1-7-8-21-42(29(4)37-5)36-34-16-12-15-33(35(34)39(6)38-36)32-19-24-40(25-20-32)27(2)26-30-17-22-41(23-18-30)28(3)31-13-10-9-11-14-31/h7,12,15-16,30-32,37H,1-4,8-11,13-14,17-26H2,5-6H3. The topological polar surface area (TPSA) is 39.6 Å². The fourth-order valence-corrected chi connectivity index (χ4v) is 7.69. The predicted octanol–water partition coefficient (Wildman–Crippen LogP) is 7.54. The van der Waals surface area contributed by atoms with E-state index in [1.165, 1.54) is 85.9 Å². The Morgan fingerprint density at radius 1 is 0.976 bits per heavy atom. The van der Waals surface area contributed by atoms with Crippen LogP contribution in [0.2, 0.25) is 0 Å². The first-order valence-electron chi connectivity index (χ1n) is 16.5. The number of benzene rings is 1. The molecule has 0 unspecified atom stereocenters. The van der Waals surface area contributed by atoms with Gasteiger partial charge in [0.25, 0.3) is 0 Å². The summed E-state index contributed by atoms with van der Waals surface area (Å²) in [5.74, 6) is 3.84. The largest absolute Gasteiger partial charge is 0.375 e. The normalized spacial score (nSPS) is 19.2. The summed E-state index contributed by atoms with van der Waals surface area (Å²) in [6, 6.07) is 6.73. The number of nitrogens with one attached hydrogen (secondary N) is 1. The van der Waals surface area contributed by atoms with Crippen molar-refractivity contribution < 1.29 is 0 Å². The summed E-state index contributed by atoms with van der Waals surface area (Å²) in [6.45, 7) is 22.6. The quantitative estimate of drug-likeness (QED) is 0.267. The fraction of sp³-hybridized carbons (Fsp3) is 0.583. The van der Waals surface area contributed by atoms with E-state index in [-0.39, 0.29) is 0 Å². The molecule has 3 fully saturated rings. The Morgan fingerprint density at radius 2 is 1.67 bits per heavy atom. The van der Waals surface area contributed by atoms with Crippen molar-refractivity contribution in [1.29, 1.82) is 0 Å². The highest BCUT2D eigenvalue weighted by molar-refractivity contribution is 5.93. The van der Waals surface area contributed by atoms with Gasteiger partial charge in [-0.1, -0.05) is 57.2 Å². The van der Waals surface area contributed by atoms with Crippen LogP contribution in [-0.2, 0) is 7.05 Å². The first-order chi connectivity index (χ1) is 20.4. The van der Waals surface area contributed by atoms with Gasteiger partial charge in [0.2, 0.25) is 0 Å². The zero-order chi connectivity index (χ0) is 29.6. The van der Waals surface area contributed by atoms with Gasteiger partial charge in [-0.25, -0.2) is 0 Å². The Hall–Kier alpha value is -3.15. The van der Waals surface area contributed by atoms with Crippen molar-refractivity contribution in [3.8, 4) is 0 Å². The number of para-hydroxylation sites is 1. The Bertz CT molecular complexity index is 1250. The summed E-state index contributed by atoms with van der Waals surface area (Å²) >= 11 is 0. The molecule has 0 bridgehead atoms. The molecule has 1 N–H and O–H groups in total. The number of hydrogen-bond donors (Lipinski definition) is 1. The van der Waals surface area contributed by atoms with Crippen LogP contribution in [0.15, 0.2) is 67.8 Å². The third-order valence-corrected chi connectivity index (χ3v) is 10.3. The Labute approximate surface area is 254 Å². The second kappa shape index (κ2) is 13.9. The summed E-state index contributed by atoms with van der Waals surface area (Å²) in [4.78, 5) is 7.36. The lowest BCUT2D eigenvalue weighted by atomic mass is 9.85. The van der Waals surface area contributed by atoms with Gasteiger partial charge in [0, 0.05) is 63.6 Å². The molecule has 228 valence electrons. The number of piperidine rings is 2. The van der Waals surface area contributed by atoms with Crippen molar-refractivity contribution in [2.24, 2.45) is 18.9 Å². The van der Waals surface area contributed by atoms with Crippen LogP contribution in [0.1, 0.15) is 82.1 Å². The number of aromatic nitrogens is 2. The van der Waals surface area contributed by atoms with Crippen LogP contribution in [0.5, 0.6) is 0 Å². The van der Waals surface area contributed by atoms with E-state index >= 15 is 0 Å². The summed E-state index contributed by atoms with van der Waals surface area (Å²) in [7, 11) is 4.00. The summed E-state index contributed by atoms with van der Waals surface area (Å²) in [5, 5.41) is 9.40. The lowest BCUT2D eigenvalue weighted by molar-refractivity contribution is 0.183. The van der Waals surface area contributed by atoms with Crippen molar-refractivity contribution in [1.82, 2.24) is 24.9 Å². The Balaban J connectivity index is 1.17. The van der Waals surface area contributed by atoms with Crippen molar-refractivity contribution >= 4 is 16.7 Å². The van der Waals surface area contributed by atoms with E-state index in [0.717, 1.165) is 68.8 Å². The zero-order valence-corrected chi connectivity index (χ0v) is 26.4. The minimum absolute atomic E-state index is 0.532. The first-order valence-corrected chi connectivity index (χ1v) is 16.5. The lowest BCUT2D eigenvalue weighted by Crippen LogP contribution is -2.37. The smallest absolute Gasteiger partial charge is 0.164 e. The average Bonchev–Trinajstić information content (AvgIpc) is 3.37. The molecule has 1 aromatic carbocycles. The minimum Gasteiger partial charge on any atom is -0.375 e. The number of nitrogens with zero attached hydrogens (tertiary/aromatic N) is 5. The molecule has 1 saturated carbocycles. The van der Waals surface area contributed by atoms with Crippen LogP contribution in [0.3, 0.4) is 0 Å². The molecule has 0 spiro atoms. The molecule has 2 aliphatic heterocycles. The number of likely N-dealkylation sites (tertiary alicyclic amines) is 2. The molecule has 5 rings (SSSR count). The Morgan fingerprint density at radius 3 is 2.33 bits per heavy atom. The molecule has 1 aromatic heterocycles. The maximum atomic E-state index is 4.99. The maximum Gasteiger partial charge on any atom is 0.164 e. The maximum absolute atomic E-state index is 4.99. The van der Waals surface area contributed by atoms with Crippen LogP contribution in [0, 0.1) is 11.8 Å². The van der Waals surface area contributed by atoms with E-state index in [2.05, 4.69) is 76.3 Å². The SMILES string of the molecule is C=CCCN(C(=C)NC)c1nn(C)c2c(C3CCN(C(=C)CC4CCN(C(=C)C5CCCCC5)CC4)CC3)cccc12. The summed E-state index contributed by atoms with van der Waals surface area (Å²) in [5.41, 5.74) is 5.45. The predicted molar refractivity (Wildman–Crippen MR) is 178 cm³/mol. The van der Waals surface area contributed by atoms with Gasteiger partial charge in [0.05, 0.1) is 11.3 Å². The van der Waals surface area contributed by atoms with Gasteiger partial charge in [-0.3, -0.25) is 4.68 Å². The summed E-state index contributed by atoms with van der Waals surface area (Å²) < 4.78 is 2.07. The number of anilines is 1.